The summed E-state index contributed by atoms with van der Waals surface area (Å²) in [6, 6.07) is 11.4. The van der Waals surface area contributed by atoms with E-state index in [0.29, 0.717) is 5.75 Å². The van der Waals surface area contributed by atoms with Crippen molar-refractivity contribution in [2.75, 3.05) is 6.61 Å². The topological polar surface area (TPSA) is 29.5 Å². The summed E-state index contributed by atoms with van der Waals surface area (Å²) in [5.74, 6) is 1.18. The molecule has 0 unspecified atom stereocenters. The van der Waals surface area contributed by atoms with Crippen molar-refractivity contribution >= 4 is 10.8 Å². The summed E-state index contributed by atoms with van der Waals surface area (Å²) in [6.45, 7) is 3.00. The summed E-state index contributed by atoms with van der Waals surface area (Å²) in [5.41, 5.74) is 0. The summed E-state index contributed by atoms with van der Waals surface area (Å²) in [7, 11) is 0. The van der Waals surface area contributed by atoms with Gasteiger partial charge in [-0.05, 0) is 18.6 Å². The van der Waals surface area contributed by atoms with Crippen LogP contribution in [-0.2, 0) is 0 Å². The minimum absolute atomic E-state index is 0.314. The molecule has 0 spiro atoms. The van der Waals surface area contributed by atoms with E-state index < -0.39 is 0 Å². The summed E-state index contributed by atoms with van der Waals surface area (Å²) < 4.78 is 5.89. The van der Waals surface area contributed by atoms with Gasteiger partial charge in [-0.1, -0.05) is 69.7 Å². The highest BCUT2D eigenvalue weighted by atomic mass is 16.5. The molecule has 2 nitrogen and oxygen atoms in total. The number of unbranched alkanes of at least 4 members (excludes halogenated alkanes) is 6. The molecule has 2 rings (SSSR count). The van der Waals surface area contributed by atoms with Crippen molar-refractivity contribution in [2.24, 2.45) is 0 Å². The van der Waals surface area contributed by atoms with Crippen LogP contribution in [-0.4, -0.2) is 11.7 Å². The van der Waals surface area contributed by atoms with Crippen LogP contribution in [0.4, 0.5) is 0 Å². The molecule has 0 heterocycles. The van der Waals surface area contributed by atoms with Crippen LogP contribution in [0.3, 0.4) is 0 Å². The predicted molar refractivity (Wildman–Crippen MR) is 89.1 cm³/mol. The van der Waals surface area contributed by atoms with Crippen LogP contribution in [0.1, 0.15) is 51.9 Å². The van der Waals surface area contributed by atoms with Crippen LogP contribution < -0.4 is 4.74 Å². The number of rotatable bonds is 9. The molecule has 114 valence electrons. The van der Waals surface area contributed by atoms with E-state index in [1.54, 1.807) is 6.07 Å². The van der Waals surface area contributed by atoms with Gasteiger partial charge < -0.3 is 9.84 Å². The van der Waals surface area contributed by atoms with E-state index in [0.717, 1.165) is 29.5 Å². The van der Waals surface area contributed by atoms with Crippen LogP contribution in [0.25, 0.3) is 10.8 Å². The van der Waals surface area contributed by atoms with Gasteiger partial charge in [-0.15, -0.1) is 0 Å². The Hall–Kier alpha value is -1.70. The number of ether oxygens (including phenoxy) is 1. The normalized spacial score (nSPS) is 10.9. The Balaban J connectivity index is 1.78. The number of benzene rings is 2. The van der Waals surface area contributed by atoms with Gasteiger partial charge in [0.2, 0.25) is 0 Å². The predicted octanol–water partition coefficient (Wildman–Crippen LogP) is 5.67. The van der Waals surface area contributed by atoms with Gasteiger partial charge >= 0.3 is 0 Å². The molecule has 2 heteroatoms. The third-order valence-corrected chi connectivity index (χ3v) is 3.87. The average Bonchev–Trinajstić information content (AvgIpc) is 2.52. The first-order valence-electron chi connectivity index (χ1n) is 8.16. The van der Waals surface area contributed by atoms with Crippen molar-refractivity contribution in [3.63, 3.8) is 0 Å². The van der Waals surface area contributed by atoms with Crippen LogP contribution in [0.15, 0.2) is 36.4 Å². The Bertz CT molecular complexity index is 548. The molecule has 0 saturated heterocycles. The Morgan fingerprint density at radius 1 is 0.810 bits per heavy atom. The summed E-state index contributed by atoms with van der Waals surface area (Å²) in [6.07, 6.45) is 9.00. The van der Waals surface area contributed by atoms with E-state index in [-0.39, 0.29) is 0 Å². The third kappa shape index (κ3) is 4.66. The van der Waals surface area contributed by atoms with Gasteiger partial charge in [0.05, 0.1) is 6.61 Å². The first-order chi connectivity index (χ1) is 10.3. The third-order valence-electron chi connectivity index (χ3n) is 3.87. The van der Waals surface area contributed by atoms with Crippen molar-refractivity contribution in [3.05, 3.63) is 36.4 Å². The lowest BCUT2D eigenvalue weighted by molar-refractivity contribution is 0.307. The van der Waals surface area contributed by atoms with Crippen LogP contribution in [0.5, 0.6) is 11.5 Å². The highest BCUT2D eigenvalue weighted by Gasteiger charge is 2.05. The Morgan fingerprint density at radius 3 is 2.24 bits per heavy atom. The zero-order chi connectivity index (χ0) is 14.9. The first kappa shape index (κ1) is 15.7. The lowest BCUT2D eigenvalue weighted by Crippen LogP contribution is -1.98. The van der Waals surface area contributed by atoms with Gasteiger partial charge in [0.15, 0.2) is 0 Å². The Kier molecular flexibility index (Phi) is 6.39. The zero-order valence-electron chi connectivity index (χ0n) is 13.0. The number of aromatic hydroxyl groups is 1. The van der Waals surface area contributed by atoms with Crippen LogP contribution >= 0.6 is 0 Å². The largest absolute Gasteiger partial charge is 0.507 e. The molecule has 0 aliphatic carbocycles. The molecule has 0 bridgehead atoms. The highest BCUT2D eigenvalue weighted by Crippen LogP contribution is 2.32. The minimum Gasteiger partial charge on any atom is -0.507 e. The lowest BCUT2D eigenvalue weighted by Gasteiger charge is -2.10. The smallest absolute Gasteiger partial charge is 0.127 e. The molecule has 0 radical (unpaired) electrons. The number of fused-ring (bicyclic) bond motifs is 1. The number of hydrogen-bond acceptors (Lipinski definition) is 2. The van der Waals surface area contributed by atoms with Gasteiger partial charge in [0.25, 0.3) is 0 Å². The maximum Gasteiger partial charge on any atom is 0.127 e. The Morgan fingerprint density at radius 2 is 1.48 bits per heavy atom. The molecule has 0 amide bonds. The van der Waals surface area contributed by atoms with E-state index in [1.807, 2.05) is 30.3 Å². The second-order valence-corrected chi connectivity index (χ2v) is 5.60. The molecular formula is C19H26O2. The fourth-order valence-corrected chi connectivity index (χ4v) is 2.62. The second-order valence-electron chi connectivity index (χ2n) is 5.60. The second kappa shape index (κ2) is 8.56. The van der Waals surface area contributed by atoms with Gasteiger partial charge in [0, 0.05) is 10.8 Å². The molecule has 1 N–H and O–H groups in total. The Labute approximate surface area is 127 Å². The standard InChI is InChI=1S/C19H26O2/c1-2-3-4-5-6-7-10-15-21-19-14-13-18(20)16-11-8-9-12-17(16)19/h8-9,11-14,20H,2-7,10,15H2,1H3. The van der Waals surface area contributed by atoms with Crippen LogP contribution in [0, 0.1) is 0 Å². The zero-order valence-corrected chi connectivity index (χ0v) is 13.0. The molecule has 0 saturated carbocycles. The lowest BCUT2D eigenvalue weighted by atomic mass is 10.1. The first-order valence-corrected chi connectivity index (χ1v) is 8.16. The van der Waals surface area contributed by atoms with Crippen molar-refractivity contribution in [2.45, 2.75) is 51.9 Å². The van der Waals surface area contributed by atoms with E-state index in [1.165, 1.54) is 38.5 Å². The maximum absolute atomic E-state index is 9.85. The number of phenolic OH excluding ortho intramolecular Hbond substituents is 1. The van der Waals surface area contributed by atoms with Gasteiger partial charge in [0.1, 0.15) is 11.5 Å². The number of hydrogen-bond donors (Lipinski definition) is 1. The molecule has 0 atom stereocenters. The molecule has 0 aromatic heterocycles. The minimum atomic E-state index is 0.314. The van der Waals surface area contributed by atoms with E-state index in [9.17, 15) is 5.11 Å². The average molecular weight is 286 g/mol. The summed E-state index contributed by atoms with van der Waals surface area (Å²) >= 11 is 0. The van der Waals surface area contributed by atoms with E-state index >= 15 is 0 Å². The summed E-state index contributed by atoms with van der Waals surface area (Å²) in [5, 5.41) is 11.7. The van der Waals surface area contributed by atoms with Crippen LogP contribution in [0.2, 0.25) is 0 Å². The van der Waals surface area contributed by atoms with E-state index in [4.69, 9.17) is 4.74 Å². The van der Waals surface area contributed by atoms with Crippen molar-refractivity contribution in [1.29, 1.82) is 0 Å². The molecule has 21 heavy (non-hydrogen) atoms. The molecule has 0 fully saturated rings. The SMILES string of the molecule is CCCCCCCCCOc1ccc(O)c2ccccc12. The molecule has 2 aromatic carbocycles. The summed E-state index contributed by atoms with van der Waals surface area (Å²) in [4.78, 5) is 0. The van der Waals surface area contributed by atoms with Crippen molar-refractivity contribution in [1.82, 2.24) is 0 Å². The van der Waals surface area contributed by atoms with Gasteiger partial charge in [-0.2, -0.15) is 0 Å². The van der Waals surface area contributed by atoms with Gasteiger partial charge in [-0.25, -0.2) is 0 Å². The molecular weight excluding hydrogens is 260 g/mol. The molecule has 0 aliphatic rings. The number of phenols is 1. The monoisotopic (exact) mass is 286 g/mol. The molecule has 2 aromatic rings. The van der Waals surface area contributed by atoms with E-state index in [2.05, 4.69) is 6.92 Å². The van der Waals surface area contributed by atoms with Gasteiger partial charge in [-0.3, -0.25) is 0 Å². The quantitative estimate of drug-likeness (QED) is 0.601. The van der Waals surface area contributed by atoms with Crippen molar-refractivity contribution < 1.29 is 9.84 Å². The fourth-order valence-electron chi connectivity index (χ4n) is 2.62. The molecule has 0 aliphatic heterocycles. The van der Waals surface area contributed by atoms with Crippen molar-refractivity contribution in [3.8, 4) is 11.5 Å². The fraction of sp³-hybridized carbons (Fsp3) is 0.474. The highest BCUT2D eigenvalue weighted by molar-refractivity contribution is 5.92. The maximum atomic E-state index is 9.85.